The summed E-state index contributed by atoms with van der Waals surface area (Å²) in [6.45, 7) is 3.87. The third-order valence-corrected chi connectivity index (χ3v) is 2.91. The number of hydrogen-bond donors (Lipinski definition) is 0. The lowest BCUT2D eigenvalue weighted by Gasteiger charge is -2.15. The number of esters is 1. The van der Waals surface area contributed by atoms with Crippen molar-refractivity contribution in [1.29, 1.82) is 0 Å². The summed E-state index contributed by atoms with van der Waals surface area (Å²) in [6.07, 6.45) is 10.1. The number of carbonyl (C=O) groups is 1. The van der Waals surface area contributed by atoms with E-state index in [1.54, 1.807) is 0 Å². The quantitative estimate of drug-likeness (QED) is 0.404. The van der Waals surface area contributed by atoms with Gasteiger partial charge >= 0.3 is 5.97 Å². The molecule has 0 amide bonds. The van der Waals surface area contributed by atoms with E-state index in [0.717, 1.165) is 24.8 Å². The Hall–Kier alpha value is -0.790. The van der Waals surface area contributed by atoms with Crippen LogP contribution in [0.25, 0.3) is 0 Å². The fourth-order valence-corrected chi connectivity index (χ4v) is 1.99. The molecule has 0 N–H and O–H groups in total. The molecule has 1 rings (SSSR count). The molecule has 1 fully saturated rings. The summed E-state index contributed by atoms with van der Waals surface area (Å²) in [6, 6.07) is 0. The van der Waals surface area contributed by atoms with Crippen LogP contribution in [-0.2, 0) is 9.53 Å². The molecule has 0 bridgehead atoms. The zero-order chi connectivity index (χ0) is 11.1. The summed E-state index contributed by atoms with van der Waals surface area (Å²) in [4.78, 5) is 11.6. The highest BCUT2D eigenvalue weighted by molar-refractivity contribution is 5.87. The van der Waals surface area contributed by atoms with Crippen LogP contribution in [0.4, 0.5) is 0 Å². The second-order valence-corrected chi connectivity index (χ2v) is 4.31. The Labute approximate surface area is 92.7 Å². The molecule has 0 aromatic carbocycles. The van der Waals surface area contributed by atoms with Gasteiger partial charge in [-0.15, -0.1) is 0 Å². The van der Waals surface area contributed by atoms with Gasteiger partial charge in [0, 0.05) is 5.57 Å². The van der Waals surface area contributed by atoms with Crippen molar-refractivity contribution >= 4 is 5.97 Å². The average molecular weight is 210 g/mol. The van der Waals surface area contributed by atoms with Crippen LogP contribution in [0.15, 0.2) is 11.6 Å². The summed E-state index contributed by atoms with van der Waals surface area (Å²) in [7, 11) is 0. The van der Waals surface area contributed by atoms with Crippen LogP contribution in [0.5, 0.6) is 0 Å². The summed E-state index contributed by atoms with van der Waals surface area (Å²) in [5.41, 5.74) is 0.752. The van der Waals surface area contributed by atoms with E-state index in [1.807, 2.05) is 19.9 Å². The maximum Gasteiger partial charge on any atom is 0.333 e. The predicted octanol–water partition coefficient (Wildman–Crippen LogP) is 3.61. The van der Waals surface area contributed by atoms with Crippen molar-refractivity contribution in [2.75, 3.05) is 0 Å². The van der Waals surface area contributed by atoms with Gasteiger partial charge in [-0.2, -0.15) is 0 Å². The van der Waals surface area contributed by atoms with Crippen LogP contribution in [0.1, 0.15) is 58.8 Å². The molecule has 1 aliphatic rings. The van der Waals surface area contributed by atoms with Gasteiger partial charge in [-0.3, -0.25) is 0 Å². The third kappa shape index (κ3) is 4.50. The highest BCUT2D eigenvalue weighted by Gasteiger charge is 2.17. The summed E-state index contributed by atoms with van der Waals surface area (Å²) in [5.74, 6) is -0.122. The van der Waals surface area contributed by atoms with E-state index in [0.29, 0.717) is 0 Å². The first-order valence-electron chi connectivity index (χ1n) is 6.11. The molecule has 0 atom stereocenters. The predicted molar refractivity (Wildman–Crippen MR) is 61.6 cm³/mol. The Balaban J connectivity index is 2.38. The minimum Gasteiger partial charge on any atom is -0.459 e. The Morgan fingerprint density at radius 3 is 2.40 bits per heavy atom. The smallest absolute Gasteiger partial charge is 0.333 e. The van der Waals surface area contributed by atoms with Crippen LogP contribution in [0, 0.1) is 0 Å². The summed E-state index contributed by atoms with van der Waals surface area (Å²) < 4.78 is 5.48. The zero-order valence-electron chi connectivity index (χ0n) is 9.92. The van der Waals surface area contributed by atoms with Gasteiger partial charge in [0.05, 0.1) is 0 Å². The minimum atomic E-state index is -0.122. The second kappa shape index (κ2) is 6.65. The maximum atomic E-state index is 11.6. The van der Waals surface area contributed by atoms with Crippen molar-refractivity contribution in [1.82, 2.24) is 0 Å². The molecule has 0 spiro atoms. The lowest BCUT2D eigenvalue weighted by atomic mass is 10.1. The number of ether oxygens (including phenoxy) is 1. The summed E-state index contributed by atoms with van der Waals surface area (Å²) in [5, 5.41) is 0. The zero-order valence-corrected chi connectivity index (χ0v) is 9.92. The topological polar surface area (TPSA) is 26.3 Å². The standard InChI is InChI=1S/C13H22O2/c1-3-8-11(2)13(14)15-12-9-6-4-5-7-10-12/h8,12H,3-7,9-10H2,1-2H3. The van der Waals surface area contributed by atoms with E-state index in [4.69, 9.17) is 4.74 Å². The number of hydrogen-bond acceptors (Lipinski definition) is 2. The Morgan fingerprint density at radius 1 is 1.27 bits per heavy atom. The van der Waals surface area contributed by atoms with Gasteiger partial charge in [-0.25, -0.2) is 4.79 Å². The number of carbonyl (C=O) groups excluding carboxylic acids is 1. The minimum absolute atomic E-state index is 0.122. The monoisotopic (exact) mass is 210 g/mol. The first-order valence-corrected chi connectivity index (χ1v) is 6.11. The maximum absolute atomic E-state index is 11.6. The van der Waals surface area contributed by atoms with E-state index in [2.05, 4.69) is 0 Å². The summed E-state index contributed by atoms with van der Waals surface area (Å²) >= 11 is 0. The van der Waals surface area contributed by atoms with Crippen molar-refractivity contribution in [3.8, 4) is 0 Å². The molecular formula is C13H22O2. The van der Waals surface area contributed by atoms with E-state index in [1.165, 1.54) is 25.7 Å². The van der Waals surface area contributed by atoms with Crippen LogP contribution >= 0.6 is 0 Å². The Kier molecular flexibility index (Phi) is 5.44. The van der Waals surface area contributed by atoms with E-state index >= 15 is 0 Å². The van der Waals surface area contributed by atoms with Crippen molar-refractivity contribution in [3.05, 3.63) is 11.6 Å². The molecule has 0 heterocycles. The van der Waals surface area contributed by atoms with Gasteiger partial charge in [0.1, 0.15) is 6.10 Å². The fourth-order valence-electron chi connectivity index (χ4n) is 1.99. The molecule has 2 nitrogen and oxygen atoms in total. The van der Waals surface area contributed by atoms with E-state index in [-0.39, 0.29) is 12.1 Å². The molecule has 15 heavy (non-hydrogen) atoms. The van der Waals surface area contributed by atoms with E-state index < -0.39 is 0 Å². The molecule has 1 aliphatic carbocycles. The van der Waals surface area contributed by atoms with Gasteiger partial charge in [0.25, 0.3) is 0 Å². The van der Waals surface area contributed by atoms with Crippen LogP contribution in [0.3, 0.4) is 0 Å². The van der Waals surface area contributed by atoms with Crippen molar-refractivity contribution < 1.29 is 9.53 Å². The van der Waals surface area contributed by atoms with Gasteiger partial charge in [-0.1, -0.05) is 25.8 Å². The number of allylic oxidation sites excluding steroid dienone is 1. The average Bonchev–Trinajstić information content (AvgIpc) is 2.46. The molecule has 0 aliphatic heterocycles. The van der Waals surface area contributed by atoms with Crippen LogP contribution in [0.2, 0.25) is 0 Å². The lowest BCUT2D eigenvalue weighted by molar-refractivity contribution is -0.144. The first-order chi connectivity index (χ1) is 7.24. The van der Waals surface area contributed by atoms with Crippen molar-refractivity contribution in [2.24, 2.45) is 0 Å². The third-order valence-electron chi connectivity index (χ3n) is 2.91. The van der Waals surface area contributed by atoms with Crippen LogP contribution < -0.4 is 0 Å². The van der Waals surface area contributed by atoms with Crippen molar-refractivity contribution in [2.45, 2.75) is 64.9 Å². The molecule has 1 saturated carbocycles. The second-order valence-electron chi connectivity index (χ2n) is 4.31. The Bertz CT molecular complexity index is 223. The molecule has 86 valence electrons. The van der Waals surface area contributed by atoms with Gasteiger partial charge < -0.3 is 4.74 Å². The van der Waals surface area contributed by atoms with Gasteiger partial charge in [0.2, 0.25) is 0 Å². The Morgan fingerprint density at radius 2 is 1.87 bits per heavy atom. The van der Waals surface area contributed by atoms with Gasteiger partial charge in [0.15, 0.2) is 0 Å². The first kappa shape index (κ1) is 12.3. The highest BCUT2D eigenvalue weighted by Crippen LogP contribution is 2.20. The SMILES string of the molecule is CCC=C(C)C(=O)OC1CCCCCC1. The molecule has 0 aromatic rings. The molecule has 0 unspecified atom stereocenters. The van der Waals surface area contributed by atoms with Crippen LogP contribution in [-0.4, -0.2) is 12.1 Å². The molecule has 0 saturated heterocycles. The normalized spacial score (nSPS) is 19.7. The highest BCUT2D eigenvalue weighted by atomic mass is 16.5. The largest absolute Gasteiger partial charge is 0.459 e. The van der Waals surface area contributed by atoms with Gasteiger partial charge in [-0.05, 0) is 39.0 Å². The van der Waals surface area contributed by atoms with Crippen molar-refractivity contribution in [3.63, 3.8) is 0 Å². The lowest BCUT2D eigenvalue weighted by Crippen LogP contribution is -2.18. The van der Waals surface area contributed by atoms with E-state index in [9.17, 15) is 4.79 Å². The number of rotatable bonds is 3. The molecule has 2 heteroatoms. The molecular weight excluding hydrogens is 188 g/mol. The molecule has 0 aromatic heterocycles. The molecule has 0 radical (unpaired) electrons. The fraction of sp³-hybridized carbons (Fsp3) is 0.769.